The molecule has 0 aromatic carbocycles. The van der Waals surface area contributed by atoms with Crippen LogP contribution in [0.1, 0.15) is 48.5 Å². The highest BCUT2D eigenvalue weighted by molar-refractivity contribution is 7.18. The van der Waals surface area contributed by atoms with Gasteiger partial charge in [0.25, 0.3) is 5.56 Å². The molecule has 0 radical (unpaired) electrons. The zero-order valence-electron chi connectivity index (χ0n) is 14.8. The molecule has 0 spiro atoms. The lowest BCUT2D eigenvalue weighted by molar-refractivity contribution is -0.124. The summed E-state index contributed by atoms with van der Waals surface area (Å²) in [5.74, 6) is 1.25. The number of nitrogens with zero attached hydrogens (tertiary/aromatic N) is 2. The van der Waals surface area contributed by atoms with E-state index >= 15 is 0 Å². The molecule has 25 heavy (non-hydrogen) atoms. The van der Waals surface area contributed by atoms with Gasteiger partial charge in [0, 0.05) is 11.4 Å². The summed E-state index contributed by atoms with van der Waals surface area (Å²) in [6.07, 6.45) is 3.40. The van der Waals surface area contributed by atoms with Crippen LogP contribution in [-0.4, -0.2) is 33.4 Å². The number of thiophene rings is 1. The second-order valence-electron chi connectivity index (χ2n) is 7.49. The highest BCUT2D eigenvalue weighted by atomic mass is 32.1. The number of likely N-dealkylation sites (tertiary alicyclic amines) is 1. The summed E-state index contributed by atoms with van der Waals surface area (Å²) in [4.78, 5) is 36.4. The fourth-order valence-electron chi connectivity index (χ4n) is 4.74. The van der Waals surface area contributed by atoms with Crippen molar-refractivity contribution in [2.75, 3.05) is 6.54 Å². The predicted molar refractivity (Wildman–Crippen MR) is 98.6 cm³/mol. The first kappa shape index (κ1) is 16.7. The third-order valence-corrected chi connectivity index (χ3v) is 7.27. The van der Waals surface area contributed by atoms with Gasteiger partial charge >= 0.3 is 0 Å². The van der Waals surface area contributed by atoms with Gasteiger partial charge in [0.1, 0.15) is 10.7 Å². The molecule has 1 aliphatic carbocycles. The normalized spacial score (nSPS) is 27.7. The van der Waals surface area contributed by atoms with Gasteiger partial charge in [-0.3, -0.25) is 14.5 Å². The fraction of sp³-hybridized carbons (Fsp3) is 0.611. The number of carbonyl (C=O) groups excluding carboxylic acids is 1. The van der Waals surface area contributed by atoms with Crippen LogP contribution in [0.4, 0.5) is 0 Å². The Morgan fingerprint density at radius 1 is 1.40 bits per heavy atom. The van der Waals surface area contributed by atoms with Gasteiger partial charge in [-0.2, -0.15) is 0 Å². The zero-order chi connectivity index (χ0) is 17.9. The van der Waals surface area contributed by atoms with Crippen LogP contribution in [0, 0.1) is 25.7 Å². The lowest BCUT2D eigenvalue weighted by Gasteiger charge is -2.30. The second kappa shape index (κ2) is 5.92. The molecule has 134 valence electrons. The number of carbonyl (C=O) groups is 1. The van der Waals surface area contributed by atoms with Crippen LogP contribution in [0.25, 0.3) is 10.2 Å². The number of rotatable bonds is 3. The van der Waals surface area contributed by atoms with Crippen molar-refractivity contribution in [2.45, 2.75) is 52.1 Å². The molecule has 1 saturated heterocycles. The molecule has 0 bridgehead atoms. The van der Waals surface area contributed by atoms with Gasteiger partial charge in [0.05, 0.1) is 17.5 Å². The van der Waals surface area contributed by atoms with Gasteiger partial charge in [-0.1, -0.05) is 6.42 Å². The lowest BCUT2D eigenvalue weighted by Crippen LogP contribution is -2.45. The maximum absolute atomic E-state index is 12.6. The smallest absolute Gasteiger partial charge is 0.259 e. The maximum Gasteiger partial charge on any atom is 0.259 e. The van der Waals surface area contributed by atoms with Crippen LogP contribution in [0.2, 0.25) is 0 Å². The number of nitrogens with one attached hydrogen (secondary N) is 1. The number of aromatic amines is 1. The van der Waals surface area contributed by atoms with E-state index in [0.29, 0.717) is 23.0 Å². The third-order valence-electron chi connectivity index (χ3n) is 6.17. The summed E-state index contributed by atoms with van der Waals surface area (Å²) >= 11 is 1.55. The van der Waals surface area contributed by atoms with E-state index in [4.69, 9.17) is 10.7 Å². The van der Waals surface area contributed by atoms with Gasteiger partial charge in [-0.15, -0.1) is 11.3 Å². The van der Waals surface area contributed by atoms with Gasteiger partial charge in [-0.05, 0) is 51.0 Å². The number of nitrogens with two attached hydrogens (primary N) is 1. The van der Waals surface area contributed by atoms with Crippen molar-refractivity contribution in [1.29, 1.82) is 0 Å². The van der Waals surface area contributed by atoms with Gasteiger partial charge in [-0.25, -0.2) is 4.98 Å². The largest absolute Gasteiger partial charge is 0.368 e. The summed E-state index contributed by atoms with van der Waals surface area (Å²) in [5.41, 5.74) is 6.64. The van der Waals surface area contributed by atoms with E-state index < -0.39 is 0 Å². The average molecular weight is 360 g/mol. The summed E-state index contributed by atoms with van der Waals surface area (Å²) in [6, 6.07) is -0.391. The molecular formula is C18H24N4O2S. The molecule has 2 aliphatic rings. The van der Waals surface area contributed by atoms with E-state index in [2.05, 4.69) is 9.88 Å². The standard InChI is InChI=1S/C18H24N4O2S/c1-8-10(3)25-18-13(8)17(24)20-16(21-18)9(2)22-7-11-5-4-6-12(11)14(22)15(19)23/h9,11-12,14H,4-7H2,1-3H3,(H2,19,23)(H,20,21,24). The molecule has 2 fully saturated rings. The second-order valence-corrected chi connectivity index (χ2v) is 8.69. The van der Waals surface area contributed by atoms with Crippen LogP contribution in [0.5, 0.6) is 0 Å². The van der Waals surface area contributed by atoms with Gasteiger partial charge in [0.2, 0.25) is 5.91 Å². The number of aromatic nitrogens is 2. The minimum absolute atomic E-state index is 0.0938. The quantitative estimate of drug-likeness (QED) is 0.878. The topological polar surface area (TPSA) is 92.1 Å². The Morgan fingerprint density at radius 3 is 2.88 bits per heavy atom. The number of H-pyrrole nitrogens is 1. The lowest BCUT2D eigenvalue weighted by atomic mass is 9.93. The summed E-state index contributed by atoms with van der Waals surface area (Å²) in [7, 11) is 0. The maximum atomic E-state index is 12.6. The number of aryl methyl sites for hydroxylation is 2. The first-order valence-corrected chi connectivity index (χ1v) is 9.75. The monoisotopic (exact) mass is 360 g/mol. The summed E-state index contributed by atoms with van der Waals surface area (Å²) in [6.45, 7) is 6.83. The van der Waals surface area contributed by atoms with Crippen LogP contribution in [-0.2, 0) is 4.79 Å². The van der Waals surface area contributed by atoms with E-state index in [-0.39, 0.29) is 23.6 Å². The van der Waals surface area contributed by atoms with Crippen molar-refractivity contribution in [2.24, 2.45) is 17.6 Å². The van der Waals surface area contributed by atoms with Crippen molar-refractivity contribution in [3.05, 3.63) is 26.6 Å². The van der Waals surface area contributed by atoms with Crippen molar-refractivity contribution in [3.8, 4) is 0 Å². The number of amides is 1. The van der Waals surface area contributed by atoms with E-state index in [9.17, 15) is 9.59 Å². The molecule has 4 atom stereocenters. The number of hydrogen-bond acceptors (Lipinski definition) is 5. The SMILES string of the molecule is Cc1sc2nc(C(C)N3CC4CCCC4C3C(N)=O)[nH]c(=O)c2c1C. The Hall–Kier alpha value is -1.73. The molecule has 3 N–H and O–H groups in total. The Kier molecular flexibility index (Phi) is 3.96. The molecule has 7 heteroatoms. The summed E-state index contributed by atoms with van der Waals surface area (Å²) < 4.78 is 0. The Bertz CT molecular complexity index is 902. The average Bonchev–Trinajstić information content (AvgIpc) is 3.19. The minimum atomic E-state index is -0.257. The van der Waals surface area contributed by atoms with Crippen molar-refractivity contribution in [1.82, 2.24) is 14.9 Å². The third kappa shape index (κ3) is 2.52. The fourth-order valence-corrected chi connectivity index (χ4v) is 5.77. The van der Waals surface area contributed by atoms with Crippen LogP contribution in [0.15, 0.2) is 4.79 Å². The van der Waals surface area contributed by atoms with Crippen molar-refractivity contribution in [3.63, 3.8) is 0 Å². The molecular weight excluding hydrogens is 336 g/mol. The van der Waals surface area contributed by atoms with E-state index in [0.717, 1.165) is 34.7 Å². The first-order chi connectivity index (χ1) is 11.9. The molecule has 1 amide bonds. The van der Waals surface area contributed by atoms with E-state index in [1.165, 1.54) is 6.42 Å². The van der Waals surface area contributed by atoms with Crippen molar-refractivity contribution < 1.29 is 4.79 Å². The molecule has 1 saturated carbocycles. The molecule has 6 nitrogen and oxygen atoms in total. The Balaban J connectivity index is 1.73. The molecule has 1 aliphatic heterocycles. The minimum Gasteiger partial charge on any atom is -0.368 e. The van der Waals surface area contributed by atoms with E-state index in [1.807, 2.05) is 20.8 Å². The number of hydrogen-bond donors (Lipinski definition) is 2. The van der Waals surface area contributed by atoms with Crippen molar-refractivity contribution >= 4 is 27.5 Å². The highest BCUT2D eigenvalue weighted by Gasteiger charge is 2.48. The zero-order valence-corrected chi connectivity index (χ0v) is 15.7. The van der Waals surface area contributed by atoms with Crippen LogP contribution < -0.4 is 11.3 Å². The predicted octanol–water partition coefficient (Wildman–Crippen LogP) is 2.25. The molecule has 4 unspecified atom stereocenters. The first-order valence-electron chi connectivity index (χ1n) is 8.93. The molecule has 2 aromatic rings. The van der Waals surface area contributed by atoms with Gasteiger partial charge in [0.15, 0.2) is 0 Å². The number of primary amides is 1. The number of fused-ring (bicyclic) bond motifs is 2. The highest BCUT2D eigenvalue weighted by Crippen LogP contribution is 2.44. The molecule has 4 rings (SSSR count). The Morgan fingerprint density at radius 2 is 2.16 bits per heavy atom. The molecule has 2 aromatic heterocycles. The summed E-state index contributed by atoms with van der Waals surface area (Å²) in [5, 5.41) is 0.684. The van der Waals surface area contributed by atoms with Crippen LogP contribution >= 0.6 is 11.3 Å². The molecule has 3 heterocycles. The van der Waals surface area contributed by atoms with E-state index in [1.54, 1.807) is 11.3 Å². The van der Waals surface area contributed by atoms with Crippen LogP contribution in [0.3, 0.4) is 0 Å². The Labute approximate surface area is 150 Å². The van der Waals surface area contributed by atoms with Gasteiger partial charge < -0.3 is 10.7 Å².